The minimum Gasteiger partial charge on any atom is -0.349 e. The monoisotopic (exact) mass is 234 g/mol. The third-order valence-corrected chi connectivity index (χ3v) is 2.72. The number of aryl methyl sites for hydroxylation is 1. The Bertz CT molecular complexity index is 390. The fraction of sp³-hybridized carbons (Fsp3) is 0.583. The standard InChI is InChI=1S/C12H18N4O/c1-9-14-5-4-11(16-9)7-15-12(17)8-13-6-10-2-3-10/h4-5,10,13H,2-3,6-8H2,1H3,(H,15,17). The summed E-state index contributed by atoms with van der Waals surface area (Å²) in [6, 6.07) is 1.81. The van der Waals surface area contributed by atoms with Crippen LogP contribution in [-0.4, -0.2) is 29.0 Å². The molecule has 0 aliphatic heterocycles. The van der Waals surface area contributed by atoms with Gasteiger partial charge in [-0.3, -0.25) is 4.79 Å². The second-order valence-corrected chi connectivity index (χ2v) is 4.45. The molecule has 0 unspecified atom stereocenters. The SMILES string of the molecule is Cc1nccc(CNC(=O)CNCC2CC2)n1. The van der Waals surface area contributed by atoms with Crippen LogP contribution in [0.1, 0.15) is 24.4 Å². The minimum absolute atomic E-state index is 0.0157. The van der Waals surface area contributed by atoms with Gasteiger partial charge in [-0.2, -0.15) is 0 Å². The molecule has 5 heteroatoms. The van der Waals surface area contributed by atoms with Crippen molar-refractivity contribution in [1.82, 2.24) is 20.6 Å². The molecule has 17 heavy (non-hydrogen) atoms. The van der Waals surface area contributed by atoms with E-state index < -0.39 is 0 Å². The molecule has 1 saturated carbocycles. The lowest BCUT2D eigenvalue weighted by molar-refractivity contribution is -0.120. The summed E-state index contributed by atoms with van der Waals surface area (Å²) in [5.41, 5.74) is 0.841. The number of carbonyl (C=O) groups is 1. The molecule has 0 saturated heterocycles. The lowest BCUT2D eigenvalue weighted by atomic mass is 10.4. The average Bonchev–Trinajstić information content (AvgIpc) is 3.11. The maximum Gasteiger partial charge on any atom is 0.234 e. The van der Waals surface area contributed by atoms with E-state index in [9.17, 15) is 4.79 Å². The van der Waals surface area contributed by atoms with Crippen LogP contribution in [0.15, 0.2) is 12.3 Å². The van der Waals surface area contributed by atoms with Crippen LogP contribution < -0.4 is 10.6 Å². The van der Waals surface area contributed by atoms with Crippen molar-refractivity contribution >= 4 is 5.91 Å². The highest BCUT2D eigenvalue weighted by molar-refractivity contribution is 5.77. The molecule has 1 heterocycles. The topological polar surface area (TPSA) is 66.9 Å². The van der Waals surface area contributed by atoms with Crippen molar-refractivity contribution in [3.05, 3.63) is 23.8 Å². The summed E-state index contributed by atoms with van der Waals surface area (Å²) >= 11 is 0. The zero-order valence-electron chi connectivity index (χ0n) is 10.1. The molecule has 1 aromatic heterocycles. The number of aromatic nitrogens is 2. The average molecular weight is 234 g/mol. The zero-order chi connectivity index (χ0) is 12.1. The molecule has 0 spiro atoms. The van der Waals surface area contributed by atoms with Crippen molar-refractivity contribution in [3.63, 3.8) is 0 Å². The van der Waals surface area contributed by atoms with Crippen LogP contribution in [0.2, 0.25) is 0 Å². The van der Waals surface area contributed by atoms with Crippen molar-refractivity contribution < 1.29 is 4.79 Å². The van der Waals surface area contributed by atoms with Gasteiger partial charge >= 0.3 is 0 Å². The summed E-state index contributed by atoms with van der Waals surface area (Å²) in [4.78, 5) is 19.7. The van der Waals surface area contributed by atoms with Gasteiger partial charge in [-0.25, -0.2) is 9.97 Å². The molecule has 2 N–H and O–H groups in total. The molecule has 1 aromatic rings. The Labute approximate surface area is 101 Å². The Kier molecular flexibility index (Phi) is 4.03. The molecule has 1 aliphatic rings. The Balaban J connectivity index is 1.64. The minimum atomic E-state index is 0.0157. The summed E-state index contributed by atoms with van der Waals surface area (Å²) in [6.07, 6.45) is 4.30. The molecule has 2 rings (SSSR count). The van der Waals surface area contributed by atoms with Crippen LogP contribution >= 0.6 is 0 Å². The lowest BCUT2D eigenvalue weighted by Gasteiger charge is -2.06. The van der Waals surface area contributed by atoms with Gasteiger partial charge in [0.05, 0.1) is 18.8 Å². The summed E-state index contributed by atoms with van der Waals surface area (Å²) < 4.78 is 0. The van der Waals surface area contributed by atoms with E-state index in [0.717, 1.165) is 24.0 Å². The van der Waals surface area contributed by atoms with E-state index in [1.54, 1.807) is 6.20 Å². The maximum absolute atomic E-state index is 11.5. The Morgan fingerprint density at radius 3 is 3.06 bits per heavy atom. The number of rotatable bonds is 6. The first kappa shape index (κ1) is 12.0. The smallest absolute Gasteiger partial charge is 0.234 e. The second kappa shape index (κ2) is 5.72. The molecule has 92 valence electrons. The van der Waals surface area contributed by atoms with Gasteiger partial charge in [0, 0.05) is 6.20 Å². The number of carbonyl (C=O) groups excluding carboxylic acids is 1. The van der Waals surface area contributed by atoms with Gasteiger partial charge in [0.25, 0.3) is 0 Å². The van der Waals surface area contributed by atoms with Crippen LogP contribution in [0.3, 0.4) is 0 Å². The predicted octanol–water partition coefficient (Wildman–Crippen LogP) is 0.401. The molecule has 1 fully saturated rings. The highest BCUT2D eigenvalue weighted by Crippen LogP contribution is 2.27. The molecular formula is C12H18N4O. The summed E-state index contributed by atoms with van der Waals surface area (Å²) in [6.45, 7) is 3.65. The van der Waals surface area contributed by atoms with Gasteiger partial charge in [0.2, 0.25) is 5.91 Å². The van der Waals surface area contributed by atoms with Crippen LogP contribution in [0.5, 0.6) is 0 Å². The summed E-state index contributed by atoms with van der Waals surface area (Å²) in [7, 11) is 0. The first-order valence-electron chi connectivity index (χ1n) is 6.00. The molecule has 5 nitrogen and oxygen atoms in total. The Morgan fingerprint density at radius 2 is 2.35 bits per heavy atom. The van der Waals surface area contributed by atoms with Gasteiger partial charge in [0.1, 0.15) is 5.82 Å². The fourth-order valence-corrected chi connectivity index (χ4v) is 1.57. The highest BCUT2D eigenvalue weighted by Gasteiger charge is 2.20. The molecule has 1 aliphatic carbocycles. The highest BCUT2D eigenvalue weighted by atomic mass is 16.1. The molecule has 0 bridgehead atoms. The van der Waals surface area contributed by atoms with E-state index in [-0.39, 0.29) is 5.91 Å². The van der Waals surface area contributed by atoms with E-state index in [1.165, 1.54) is 12.8 Å². The van der Waals surface area contributed by atoms with Crippen LogP contribution in [0, 0.1) is 12.8 Å². The van der Waals surface area contributed by atoms with Gasteiger partial charge < -0.3 is 10.6 Å². The third kappa shape index (κ3) is 4.48. The van der Waals surface area contributed by atoms with Crippen LogP contribution in [-0.2, 0) is 11.3 Å². The summed E-state index contributed by atoms with van der Waals surface area (Å²) in [5, 5.41) is 5.98. The number of amides is 1. The predicted molar refractivity (Wildman–Crippen MR) is 64.2 cm³/mol. The Hall–Kier alpha value is -1.49. The van der Waals surface area contributed by atoms with Crippen molar-refractivity contribution in [2.24, 2.45) is 5.92 Å². The number of hydrogen-bond acceptors (Lipinski definition) is 4. The molecule has 0 aromatic carbocycles. The van der Waals surface area contributed by atoms with Gasteiger partial charge in [-0.1, -0.05) is 0 Å². The Morgan fingerprint density at radius 1 is 1.53 bits per heavy atom. The number of nitrogens with one attached hydrogen (secondary N) is 2. The lowest BCUT2D eigenvalue weighted by Crippen LogP contribution is -2.34. The van der Waals surface area contributed by atoms with Gasteiger partial charge in [0.15, 0.2) is 0 Å². The van der Waals surface area contributed by atoms with E-state index in [4.69, 9.17) is 0 Å². The zero-order valence-corrected chi connectivity index (χ0v) is 10.1. The second-order valence-electron chi connectivity index (χ2n) is 4.45. The quantitative estimate of drug-likeness (QED) is 0.747. The first-order valence-corrected chi connectivity index (χ1v) is 6.00. The number of nitrogens with zero attached hydrogens (tertiary/aromatic N) is 2. The summed E-state index contributed by atoms with van der Waals surface area (Å²) in [5.74, 6) is 1.54. The van der Waals surface area contributed by atoms with E-state index in [2.05, 4.69) is 20.6 Å². The largest absolute Gasteiger partial charge is 0.349 e. The van der Waals surface area contributed by atoms with Crippen molar-refractivity contribution in [2.45, 2.75) is 26.3 Å². The van der Waals surface area contributed by atoms with Crippen LogP contribution in [0.4, 0.5) is 0 Å². The fourth-order valence-electron chi connectivity index (χ4n) is 1.57. The maximum atomic E-state index is 11.5. The molecule has 0 radical (unpaired) electrons. The van der Waals surface area contributed by atoms with E-state index >= 15 is 0 Å². The molecule has 0 atom stereocenters. The van der Waals surface area contributed by atoms with Gasteiger partial charge in [-0.05, 0) is 38.3 Å². The van der Waals surface area contributed by atoms with E-state index in [1.807, 2.05) is 13.0 Å². The molecule has 1 amide bonds. The number of hydrogen-bond donors (Lipinski definition) is 2. The van der Waals surface area contributed by atoms with Crippen molar-refractivity contribution in [2.75, 3.05) is 13.1 Å². The van der Waals surface area contributed by atoms with E-state index in [0.29, 0.717) is 13.1 Å². The van der Waals surface area contributed by atoms with Crippen molar-refractivity contribution in [1.29, 1.82) is 0 Å². The van der Waals surface area contributed by atoms with Crippen LogP contribution in [0.25, 0.3) is 0 Å². The van der Waals surface area contributed by atoms with Crippen molar-refractivity contribution in [3.8, 4) is 0 Å². The normalized spacial score (nSPS) is 14.6. The molecular weight excluding hydrogens is 216 g/mol. The first-order chi connectivity index (χ1) is 8.24. The third-order valence-electron chi connectivity index (χ3n) is 2.72. The van der Waals surface area contributed by atoms with Gasteiger partial charge in [-0.15, -0.1) is 0 Å².